The first kappa shape index (κ1) is 15.6. The zero-order valence-electron chi connectivity index (χ0n) is 12.0. The summed E-state index contributed by atoms with van der Waals surface area (Å²) in [6.07, 6.45) is 4.23. The summed E-state index contributed by atoms with van der Waals surface area (Å²) < 4.78 is 42.7. The van der Waals surface area contributed by atoms with Crippen molar-refractivity contribution in [2.75, 3.05) is 6.54 Å². The van der Waals surface area contributed by atoms with Gasteiger partial charge in [0.1, 0.15) is 17.5 Å². The Morgan fingerprint density at radius 1 is 1.19 bits per heavy atom. The highest BCUT2D eigenvalue weighted by Crippen LogP contribution is 2.27. The standard InChI is InChI=1S/C15H18F3N3/c1-3-5-21-9-10(8-20-21)15(19-4-2)14-12(17)6-11(16)7-13(14)18/h6-9,15,19H,3-5H2,1-2H3. The minimum absolute atomic E-state index is 0.186. The van der Waals surface area contributed by atoms with Gasteiger partial charge in [-0.3, -0.25) is 4.68 Å². The fourth-order valence-corrected chi connectivity index (χ4v) is 2.30. The molecule has 1 aromatic heterocycles. The average Bonchev–Trinajstić information content (AvgIpc) is 2.85. The second-order valence-corrected chi connectivity index (χ2v) is 4.81. The lowest BCUT2D eigenvalue weighted by atomic mass is 10.00. The van der Waals surface area contributed by atoms with Crippen molar-refractivity contribution in [1.82, 2.24) is 15.1 Å². The van der Waals surface area contributed by atoms with Crippen molar-refractivity contribution in [3.63, 3.8) is 0 Å². The lowest BCUT2D eigenvalue weighted by molar-refractivity contribution is 0.491. The molecule has 21 heavy (non-hydrogen) atoms. The third kappa shape index (κ3) is 3.44. The highest BCUT2D eigenvalue weighted by atomic mass is 19.1. The van der Waals surface area contributed by atoms with Crippen LogP contribution in [-0.2, 0) is 6.54 Å². The average molecular weight is 297 g/mol. The predicted octanol–water partition coefficient (Wildman–Crippen LogP) is 3.41. The summed E-state index contributed by atoms with van der Waals surface area (Å²) in [5.74, 6) is -2.73. The number of benzene rings is 1. The van der Waals surface area contributed by atoms with E-state index in [0.29, 0.717) is 24.2 Å². The van der Waals surface area contributed by atoms with Crippen molar-refractivity contribution >= 4 is 0 Å². The topological polar surface area (TPSA) is 29.9 Å². The molecule has 0 spiro atoms. The molecule has 3 nitrogen and oxygen atoms in total. The van der Waals surface area contributed by atoms with Crippen LogP contribution in [0.3, 0.4) is 0 Å². The molecule has 0 fully saturated rings. The van der Waals surface area contributed by atoms with Gasteiger partial charge in [0.15, 0.2) is 0 Å². The van der Waals surface area contributed by atoms with E-state index in [-0.39, 0.29) is 5.56 Å². The van der Waals surface area contributed by atoms with Gasteiger partial charge in [0, 0.05) is 36.0 Å². The van der Waals surface area contributed by atoms with Crippen molar-refractivity contribution in [1.29, 1.82) is 0 Å². The van der Waals surface area contributed by atoms with Gasteiger partial charge in [-0.15, -0.1) is 0 Å². The number of hydrogen-bond donors (Lipinski definition) is 1. The molecule has 0 saturated heterocycles. The Kier molecular flexibility index (Phi) is 5.01. The van der Waals surface area contributed by atoms with Gasteiger partial charge >= 0.3 is 0 Å². The number of nitrogens with one attached hydrogen (secondary N) is 1. The van der Waals surface area contributed by atoms with Gasteiger partial charge in [-0.05, 0) is 13.0 Å². The molecule has 0 radical (unpaired) electrons. The minimum atomic E-state index is -0.925. The normalized spacial score (nSPS) is 12.6. The quantitative estimate of drug-likeness (QED) is 0.885. The molecule has 1 unspecified atom stereocenters. The Morgan fingerprint density at radius 2 is 1.86 bits per heavy atom. The molecule has 1 heterocycles. The molecule has 0 aliphatic heterocycles. The van der Waals surface area contributed by atoms with E-state index >= 15 is 0 Å². The molecule has 0 bridgehead atoms. The summed E-state index contributed by atoms with van der Waals surface area (Å²) in [5.41, 5.74) is 0.462. The summed E-state index contributed by atoms with van der Waals surface area (Å²) in [7, 11) is 0. The molecular weight excluding hydrogens is 279 g/mol. The summed E-state index contributed by atoms with van der Waals surface area (Å²) in [5, 5.41) is 7.19. The lowest BCUT2D eigenvalue weighted by Crippen LogP contribution is -2.24. The van der Waals surface area contributed by atoms with E-state index in [1.54, 1.807) is 17.1 Å². The first-order chi connectivity index (χ1) is 10.1. The number of hydrogen-bond acceptors (Lipinski definition) is 2. The van der Waals surface area contributed by atoms with Crippen LogP contribution in [0.1, 0.15) is 37.4 Å². The smallest absolute Gasteiger partial charge is 0.134 e. The number of nitrogens with zero attached hydrogens (tertiary/aromatic N) is 2. The van der Waals surface area contributed by atoms with E-state index in [1.807, 2.05) is 13.8 Å². The maximum absolute atomic E-state index is 14.0. The van der Waals surface area contributed by atoms with Crippen LogP contribution >= 0.6 is 0 Å². The Hall–Kier alpha value is -1.82. The first-order valence-electron chi connectivity index (χ1n) is 6.97. The number of rotatable bonds is 6. The van der Waals surface area contributed by atoms with E-state index in [4.69, 9.17) is 0 Å². The maximum Gasteiger partial charge on any atom is 0.134 e. The molecule has 1 aromatic carbocycles. The third-order valence-corrected chi connectivity index (χ3v) is 3.18. The monoisotopic (exact) mass is 297 g/mol. The van der Waals surface area contributed by atoms with Crippen LogP contribution in [0.2, 0.25) is 0 Å². The largest absolute Gasteiger partial charge is 0.306 e. The predicted molar refractivity (Wildman–Crippen MR) is 74.4 cm³/mol. The van der Waals surface area contributed by atoms with Crippen LogP contribution < -0.4 is 5.32 Å². The van der Waals surface area contributed by atoms with Crippen molar-refractivity contribution in [2.24, 2.45) is 0 Å². The number of aromatic nitrogens is 2. The van der Waals surface area contributed by atoms with Gasteiger partial charge in [0.05, 0.1) is 12.2 Å². The molecule has 0 aliphatic carbocycles. The summed E-state index contributed by atoms with van der Waals surface area (Å²) in [4.78, 5) is 0. The molecule has 0 saturated carbocycles. The van der Waals surface area contributed by atoms with Crippen LogP contribution in [0.15, 0.2) is 24.5 Å². The van der Waals surface area contributed by atoms with Gasteiger partial charge in [-0.1, -0.05) is 13.8 Å². The van der Waals surface area contributed by atoms with Crippen molar-refractivity contribution in [2.45, 2.75) is 32.9 Å². The van der Waals surface area contributed by atoms with E-state index in [2.05, 4.69) is 10.4 Å². The molecule has 1 N–H and O–H groups in total. The highest BCUT2D eigenvalue weighted by molar-refractivity contribution is 5.32. The van der Waals surface area contributed by atoms with Crippen LogP contribution in [0.25, 0.3) is 0 Å². The van der Waals surface area contributed by atoms with Crippen molar-refractivity contribution in [3.05, 3.63) is 53.1 Å². The molecule has 1 atom stereocenters. The van der Waals surface area contributed by atoms with Gasteiger partial charge in [-0.25, -0.2) is 13.2 Å². The summed E-state index contributed by atoms with van der Waals surface area (Å²) in [6.45, 7) is 5.10. The van der Waals surface area contributed by atoms with Crippen LogP contribution in [0.4, 0.5) is 13.2 Å². The fraction of sp³-hybridized carbons (Fsp3) is 0.400. The van der Waals surface area contributed by atoms with Crippen LogP contribution in [0.5, 0.6) is 0 Å². The minimum Gasteiger partial charge on any atom is -0.306 e. The molecule has 2 rings (SSSR count). The van der Waals surface area contributed by atoms with Gasteiger partial charge in [0.2, 0.25) is 0 Å². The third-order valence-electron chi connectivity index (χ3n) is 3.18. The highest BCUT2D eigenvalue weighted by Gasteiger charge is 2.23. The van der Waals surface area contributed by atoms with Crippen molar-refractivity contribution in [3.8, 4) is 0 Å². The van der Waals surface area contributed by atoms with Crippen LogP contribution in [0, 0.1) is 17.5 Å². The van der Waals surface area contributed by atoms with Gasteiger partial charge in [0.25, 0.3) is 0 Å². The number of aryl methyl sites for hydroxylation is 1. The van der Waals surface area contributed by atoms with Gasteiger partial charge in [-0.2, -0.15) is 5.10 Å². The molecule has 0 amide bonds. The van der Waals surface area contributed by atoms with E-state index in [9.17, 15) is 13.2 Å². The van der Waals surface area contributed by atoms with Crippen LogP contribution in [-0.4, -0.2) is 16.3 Å². The Labute approximate surface area is 121 Å². The zero-order chi connectivity index (χ0) is 15.4. The second-order valence-electron chi connectivity index (χ2n) is 4.81. The Bertz CT molecular complexity index is 587. The van der Waals surface area contributed by atoms with E-state index in [0.717, 1.165) is 13.0 Å². The second kappa shape index (κ2) is 6.76. The van der Waals surface area contributed by atoms with E-state index < -0.39 is 23.5 Å². The molecule has 6 heteroatoms. The fourth-order valence-electron chi connectivity index (χ4n) is 2.30. The molecular formula is C15H18F3N3. The molecule has 114 valence electrons. The number of halogens is 3. The van der Waals surface area contributed by atoms with Crippen molar-refractivity contribution < 1.29 is 13.2 Å². The Balaban J connectivity index is 2.43. The first-order valence-corrected chi connectivity index (χ1v) is 6.97. The lowest BCUT2D eigenvalue weighted by Gasteiger charge is -2.18. The molecule has 2 aromatic rings. The van der Waals surface area contributed by atoms with Gasteiger partial charge < -0.3 is 5.32 Å². The van der Waals surface area contributed by atoms with E-state index in [1.165, 1.54) is 0 Å². The Morgan fingerprint density at radius 3 is 2.43 bits per heavy atom. The summed E-state index contributed by atoms with van der Waals surface area (Å²) in [6, 6.07) is 0.694. The summed E-state index contributed by atoms with van der Waals surface area (Å²) >= 11 is 0. The zero-order valence-corrected chi connectivity index (χ0v) is 12.0. The SMILES string of the molecule is CCCn1cc(C(NCC)c2c(F)cc(F)cc2F)cn1. The molecule has 0 aliphatic rings. The maximum atomic E-state index is 14.0.